The zero-order chi connectivity index (χ0) is 22.7. The molecule has 4 rings (SSSR count). The maximum Gasteiger partial charge on any atom is 0.160 e. The molecule has 0 amide bonds. The number of Topliss-reactive ketones (excluding diaryl/α,β-unsaturated/α-hetero) is 1. The minimum Gasteiger partial charge on any atom is -0.491 e. The second-order valence-corrected chi connectivity index (χ2v) is 8.75. The van der Waals surface area contributed by atoms with Gasteiger partial charge in [-0.1, -0.05) is 18.2 Å². The van der Waals surface area contributed by atoms with Crippen molar-refractivity contribution < 1.29 is 19.7 Å². The second-order valence-electron chi connectivity index (χ2n) is 8.75. The van der Waals surface area contributed by atoms with Crippen molar-refractivity contribution in [3.05, 3.63) is 71.4 Å². The Morgan fingerprint density at radius 2 is 1.94 bits per heavy atom. The van der Waals surface area contributed by atoms with Crippen molar-refractivity contribution in [3.63, 3.8) is 0 Å². The molecule has 1 aliphatic heterocycles. The highest BCUT2D eigenvalue weighted by molar-refractivity contribution is 5.95. The average molecular weight is 435 g/mol. The van der Waals surface area contributed by atoms with E-state index in [0.29, 0.717) is 43.8 Å². The Balaban J connectivity index is 1.29. The Morgan fingerprint density at radius 3 is 2.66 bits per heavy atom. The van der Waals surface area contributed by atoms with Gasteiger partial charge in [0, 0.05) is 42.3 Å². The van der Waals surface area contributed by atoms with E-state index in [2.05, 4.69) is 9.88 Å². The van der Waals surface area contributed by atoms with Gasteiger partial charge < -0.3 is 19.8 Å². The third-order valence-electron chi connectivity index (χ3n) is 6.30. The molecule has 0 unspecified atom stereocenters. The number of carbonyl (C=O) groups excluding carboxylic acids is 1. The summed E-state index contributed by atoms with van der Waals surface area (Å²) in [5.41, 5.74) is 2.42. The number of piperidine rings is 1. The van der Waals surface area contributed by atoms with Crippen LogP contribution in [0.15, 0.2) is 54.7 Å². The fourth-order valence-corrected chi connectivity index (χ4v) is 4.38. The van der Waals surface area contributed by atoms with Crippen LogP contribution >= 0.6 is 0 Å². The number of aryl methyl sites for hydroxylation is 1. The lowest BCUT2D eigenvalue weighted by Crippen LogP contribution is -2.46. The molecule has 32 heavy (non-hydrogen) atoms. The molecule has 168 valence electrons. The van der Waals surface area contributed by atoms with E-state index in [1.165, 1.54) is 0 Å². The number of β-amino-alcohol motifs (C(OH)–C–C–N with tert-alkyl or cyclic N) is 1. The van der Waals surface area contributed by atoms with Gasteiger partial charge in [-0.15, -0.1) is 0 Å². The molecular formula is C26H30N2O4. The number of pyridine rings is 1. The summed E-state index contributed by atoms with van der Waals surface area (Å²) >= 11 is 0. The number of para-hydroxylation sites is 1. The molecule has 2 N–H and O–H groups in total. The molecule has 0 radical (unpaired) electrons. The Bertz CT molecular complexity index is 1110. The van der Waals surface area contributed by atoms with E-state index in [4.69, 9.17) is 4.74 Å². The van der Waals surface area contributed by atoms with E-state index in [1.54, 1.807) is 25.3 Å². The van der Waals surface area contributed by atoms with Crippen molar-refractivity contribution >= 4 is 16.7 Å². The van der Waals surface area contributed by atoms with Gasteiger partial charge in [-0.05, 0) is 62.6 Å². The molecule has 2 heterocycles. The fraction of sp³-hybridized carbons (Fsp3) is 0.385. The van der Waals surface area contributed by atoms with Gasteiger partial charge in [0.25, 0.3) is 0 Å². The number of benzene rings is 2. The third kappa shape index (κ3) is 4.99. The van der Waals surface area contributed by atoms with Crippen LogP contribution in [0.25, 0.3) is 10.9 Å². The monoisotopic (exact) mass is 434 g/mol. The van der Waals surface area contributed by atoms with Gasteiger partial charge in [0.2, 0.25) is 0 Å². The Labute approximate surface area is 188 Å². The first kappa shape index (κ1) is 22.4. The number of aromatic nitrogens is 1. The van der Waals surface area contributed by atoms with E-state index >= 15 is 0 Å². The molecule has 2 aromatic carbocycles. The van der Waals surface area contributed by atoms with Gasteiger partial charge in [0.15, 0.2) is 5.78 Å². The van der Waals surface area contributed by atoms with E-state index in [-0.39, 0.29) is 12.4 Å². The lowest BCUT2D eigenvalue weighted by Gasteiger charge is -2.39. The molecule has 1 saturated heterocycles. The summed E-state index contributed by atoms with van der Waals surface area (Å²) in [4.78, 5) is 18.2. The number of hydrogen-bond acceptors (Lipinski definition) is 6. The Morgan fingerprint density at radius 1 is 1.19 bits per heavy atom. The molecule has 0 aliphatic carbocycles. The van der Waals surface area contributed by atoms with Crippen molar-refractivity contribution in [2.75, 3.05) is 26.2 Å². The molecule has 1 aromatic heterocycles. The minimum absolute atomic E-state index is 0.0265. The second kappa shape index (κ2) is 9.36. The van der Waals surface area contributed by atoms with Gasteiger partial charge in [-0.25, -0.2) is 0 Å². The van der Waals surface area contributed by atoms with Gasteiger partial charge in [0.05, 0.1) is 11.1 Å². The third-order valence-corrected chi connectivity index (χ3v) is 6.30. The number of fused-ring (bicyclic) bond motifs is 1. The smallest absolute Gasteiger partial charge is 0.160 e. The maximum atomic E-state index is 11.6. The number of carbonyl (C=O) groups is 1. The number of ether oxygens (including phenoxy) is 1. The summed E-state index contributed by atoms with van der Waals surface area (Å²) in [5.74, 6) is 0.669. The zero-order valence-corrected chi connectivity index (χ0v) is 18.6. The molecule has 0 bridgehead atoms. The molecule has 6 heteroatoms. The normalized spacial score (nSPS) is 17.2. The first-order chi connectivity index (χ1) is 15.3. The van der Waals surface area contributed by atoms with Gasteiger partial charge >= 0.3 is 0 Å². The van der Waals surface area contributed by atoms with Crippen LogP contribution in [0.3, 0.4) is 0 Å². The number of aliphatic hydroxyl groups excluding tert-OH is 1. The summed E-state index contributed by atoms with van der Waals surface area (Å²) in [6, 6.07) is 15.3. The molecule has 1 fully saturated rings. The number of hydrogen-bond donors (Lipinski definition) is 2. The lowest BCUT2D eigenvalue weighted by molar-refractivity contribution is -0.0373. The highest BCUT2D eigenvalue weighted by atomic mass is 16.5. The van der Waals surface area contributed by atoms with Crippen molar-refractivity contribution in [2.45, 2.75) is 38.4 Å². The van der Waals surface area contributed by atoms with E-state index in [1.807, 2.05) is 43.3 Å². The molecule has 3 aromatic rings. The van der Waals surface area contributed by atoms with Crippen LogP contribution in [0.4, 0.5) is 0 Å². The van der Waals surface area contributed by atoms with Crippen LogP contribution in [0.1, 0.15) is 41.3 Å². The van der Waals surface area contributed by atoms with Crippen LogP contribution in [-0.4, -0.2) is 58.2 Å². The molecule has 6 nitrogen and oxygen atoms in total. The molecular weight excluding hydrogens is 404 g/mol. The van der Waals surface area contributed by atoms with Crippen LogP contribution in [-0.2, 0) is 5.60 Å². The van der Waals surface area contributed by atoms with Gasteiger partial charge in [-0.3, -0.25) is 9.78 Å². The predicted molar refractivity (Wildman–Crippen MR) is 124 cm³/mol. The fourth-order valence-electron chi connectivity index (χ4n) is 4.38. The Kier molecular flexibility index (Phi) is 6.55. The van der Waals surface area contributed by atoms with Crippen LogP contribution in [0, 0.1) is 6.92 Å². The summed E-state index contributed by atoms with van der Waals surface area (Å²) in [6.45, 7) is 5.45. The number of rotatable bonds is 7. The number of likely N-dealkylation sites (tertiary alicyclic amines) is 1. The van der Waals surface area contributed by atoms with Gasteiger partial charge in [0.1, 0.15) is 18.5 Å². The van der Waals surface area contributed by atoms with Crippen LogP contribution in [0.5, 0.6) is 5.75 Å². The van der Waals surface area contributed by atoms with Crippen molar-refractivity contribution in [2.24, 2.45) is 0 Å². The Hall–Kier alpha value is -2.80. The summed E-state index contributed by atoms with van der Waals surface area (Å²) < 4.78 is 5.73. The number of nitrogens with zero attached hydrogens (tertiary/aromatic N) is 2. The highest BCUT2D eigenvalue weighted by Gasteiger charge is 2.34. The standard InChI is InChI=1S/C26H30N2O4/c1-18-13-23(7-8-24(18)19(2)29)32-17-22(30)16-28-11-9-26(31,10-12-28)21-14-20-5-3-4-6-25(20)27-15-21/h3-8,13-15,22,30-31H,9-12,16-17H2,1-2H3/t22-/m0/s1. The average Bonchev–Trinajstić information content (AvgIpc) is 2.79. The van der Waals surface area contributed by atoms with E-state index in [0.717, 1.165) is 22.0 Å². The van der Waals surface area contributed by atoms with Crippen LogP contribution in [0.2, 0.25) is 0 Å². The quantitative estimate of drug-likeness (QED) is 0.554. The SMILES string of the molecule is CC(=O)c1ccc(OC[C@@H](O)CN2CCC(O)(c3cnc4ccccc4c3)CC2)cc1C. The molecule has 0 saturated carbocycles. The first-order valence-corrected chi connectivity index (χ1v) is 11.1. The largest absolute Gasteiger partial charge is 0.491 e. The molecule has 0 spiro atoms. The summed E-state index contributed by atoms with van der Waals surface area (Å²) in [6.07, 6.45) is 2.31. The minimum atomic E-state index is -0.898. The van der Waals surface area contributed by atoms with E-state index in [9.17, 15) is 15.0 Å². The number of ketones is 1. The number of aliphatic hydroxyl groups is 2. The topological polar surface area (TPSA) is 82.9 Å². The summed E-state index contributed by atoms with van der Waals surface area (Å²) in [5, 5.41) is 22.7. The summed E-state index contributed by atoms with van der Waals surface area (Å²) in [7, 11) is 0. The zero-order valence-electron chi connectivity index (χ0n) is 18.6. The van der Waals surface area contributed by atoms with E-state index < -0.39 is 11.7 Å². The predicted octanol–water partition coefficient (Wildman–Crippen LogP) is 3.47. The van der Waals surface area contributed by atoms with Crippen molar-refractivity contribution in [3.8, 4) is 5.75 Å². The highest BCUT2D eigenvalue weighted by Crippen LogP contribution is 2.33. The van der Waals surface area contributed by atoms with Gasteiger partial charge in [-0.2, -0.15) is 0 Å². The first-order valence-electron chi connectivity index (χ1n) is 11.1. The lowest BCUT2D eigenvalue weighted by atomic mass is 9.84. The molecule has 1 atom stereocenters. The maximum absolute atomic E-state index is 11.6. The van der Waals surface area contributed by atoms with Crippen LogP contribution < -0.4 is 4.74 Å². The molecule has 1 aliphatic rings. The van der Waals surface area contributed by atoms with Crippen molar-refractivity contribution in [1.29, 1.82) is 0 Å². The van der Waals surface area contributed by atoms with Crippen molar-refractivity contribution in [1.82, 2.24) is 9.88 Å².